The van der Waals surface area contributed by atoms with Crippen LogP contribution in [0.15, 0.2) is 18.2 Å². The lowest BCUT2D eigenvalue weighted by molar-refractivity contribution is -0.136. The number of nitriles is 1. The number of nitrogens with two attached hydrogens (primary N) is 1. The quantitative estimate of drug-likeness (QED) is 0.554. The van der Waals surface area contributed by atoms with Crippen molar-refractivity contribution in [2.24, 2.45) is 23.0 Å². The second kappa shape index (κ2) is 8.84. The first-order chi connectivity index (χ1) is 15.3. The fourth-order valence-corrected chi connectivity index (χ4v) is 6.76. The molecule has 3 N–H and O–H groups in total. The molecule has 1 heterocycles. The lowest BCUT2D eigenvalue weighted by Crippen LogP contribution is -2.52. The van der Waals surface area contributed by atoms with Gasteiger partial charge in [-0.2, -0.15) is 5.26 Å². The standard InChI is InChI=1S/C25H34N4O3/c1-15-10-25(11-16(2)22(15)31-3)12-18-7-6-17(13-26)9-20(18)21(25)23(30)29(24(27)28)14-19-5-4-8-32-19/h6-7,9,15-16,19,21-22H,4-5,8,10-12,14H2,1-3H3,(H3,27,28)/t15?,16?,19-,21?,22?,25?/m1/s1. The van der Waals surface area contributed by atoms with Gasteiger partial charge in [0.2, 0.25) is 5.91 Å². The van der Waals surface area contributed by atoms with Crippen LogP contribution in [-0.2, 0) is 20.7 Å². The van der Waals surface area contributed by atoms with Crippen molar-refractivity contribution in [2.75, 3.05) is 20.3 Å². The average Bonchev–Trinajstić information content (AvgIpc) is 3.36. The van der Waals surface area contributed by atoms with Crippen LogP contribution in [0.2, 0.25) is 0 Å². The number of fused-ring (bicyclic) bond motifs is 1. The fraction of sp³-hybridized carbons (Fsp3) is 0.640. The Balaban J connectivity index is 1.75. The van der Waals surface area contributed by atoms with Crippen molar-refractivity contribution in [1.82, 2.24) is 4.90 Å². The summed E-state index contributed by atoms with van der Waals surface area (Å²) in [5.41, 5.74) is 8.26. The van der Waals surface area contributed by atoms with Gasteiger partial charge in [-0.3, -0.25) is 15.1 Å². The highest BCUT2D eigenvalue weighted by Gasteiger charge is 2.55. The number of carbonyl (C=O) groups is 1. The van der Waals surface area contributed by atoms with Crippen LogP contribution < -0.4 is 5.73 Å². The Morgan fingerprint density at radius 2 is 2.09 bits per heavy atom. The third kappa shape index (κ3) is 3.91. The Bertz CT molecular complexity index is 922. The number of rotatable bonds is 4. The molecule has 2 fully saturated rings. The van der Waals surface area contributed by atoms with Gasteiger partial charge in [0.15, 0.2) is 5.96 Å². The molecule has 3 unspecified atom stereocenters. The predicted octanol–water partition coefficient (Wildman–Crippen LogP) is 3.17. The molecule has 32 heavy (non-hydrogen) atoms. The van der Waals surface area contributed by atoms with Crippen molar-refractivity contribution in [3.05, 3.63) is 34.9 Å². The fourth-order valence-electron chi connectivity index (χ4n) is 6.76. The highest BCUT2D eigenvalue weighted by molar-refractivity contribution is 5.99. The summed E-state index contributed by atoms with van der Waals surface area (Å²) < 4.78 is 11.5. The van der Waals surface area contributed by atoms with Crippen LogP contribution in [0.1, 0.15) is 62.1 Å². The molecule has 0 radical (unpaired) electrons. The molecule has 1 amide bonds. The number of nitrogens with zero attached hydrogens (tertiary/aromatic N) is 2. The summed E-state index contributed by atoms with van der Waals surface area (Å²) in [4.78, 5) is 15.5. The van der Waals surface area contributed by atoms with Gasteiger partial charge in [-0.1, -0.05) is 19.9 Å². The number of nitrogens with one attached hydrogen (secondary N) is 1. The van der Waals surface area contributed by atoms with E-state index >= 15 is 0 Å². The second-order valence-electron chi connectivity index (χ2n) is 10.0. The van der Waals surface area contributed by atoms with Gasteiger partial charge < -0.3 is 15.2 Å². The number of ether oxygens (including phenoxy) is 2. The molecule has 7 heteroatoms. The highest BCUT2D eigenvalue weighted by Crippen LogP contribution is 2.58. The minimum absolute atomic E-state index is 0.0906. The number of carbonyl (C=O) groups excluding carboxylic acids is 1. The number of amides is 1. The third-order valence-electron chi connectivity index (χ3n) is 7.81. The van der Waals surface area contributed by atoms with E-state index in [9.17, 15) is 10.1 Å². The molecule has 0 bridgehead atoms. The summed E-state index contributed by atoms with van der Waals surface area (Å²) in [7, 11) is 1.76. The number of guanidine groups is 1. The van der Waals surface area contributed by atoms with Crippen molar-refractivity contribution < 1.29 is 14.3 Å². The summed E-state index contributed by atoms with van der Waals surface area (Å²) in [6.45, 7) is 5.39. The number of hydrogen-bond donors (Lipinski definition) is 2. The van der Waals surface area contributed by atoms with Crippen LogP contribution in [-0.4, -0.2) is 49.2 Å². The topological polar surface area (TPSA) is 112 Å². The van der Waals surface area contributed by atoms with E-state index in [1.807, 2.05) is 18.2 Å². The van der Waals surface area contributed by atoms with Crippen molar-refractivity contribution in [3.8, 4) is 6.07 Å². The maximum atomic E-state index is 14.1. The molecule has 7 nitrogen and oxygen atoms in total. The van der Waals surface area contributed by atoms with Gasteiger partial charge in [0.1, 0.15) is 0 Å². The smallest absolute Gasteiger partial charge is 0.237 e. The highest BCUT2D eigenvalue weighted by atomic mass is 16.5. The molecule has 172 valence electrons. The van der Waals surface area contributed by atoms with E-state index in [1.54, 1.807) is 7.11 Å². The maximum Gasteiger partial charge on any atom is 0.237 e. The molecule has 1 spiro atoms. The average molecular weight is 439 g/mol. The zero-order chi connectivity index (χ0) is 23.0. The molecule has 1 saturated carbocycles. The summed E-state index contributed by atoms with van der Waals surface area (Å²) in [5, 5.41) is 17.7. The Labute approximate surface area is 190 Å². The second-order valence-corrected chi connectivity index (χ2v) is 10.0. The minimum Gasteiger partial charge on any atom is -0.381 e. The zero-order valence-corrected chi connectivity index (χ0v) is 19.3. The molecule has 0 aromatic heterocycles. The number of methoxy groups -OCH3 is 1. The molecule has 1 aromatic rings. The van der Waals surface area contributed by atoms with E-state index in [4.69, 9.17) is 20.6 Å². The van der Waals surface area contributed by atoms with E-state index in [0.29, 0.717) is 30.6 Å². The SMILES string of the molecule is COC1C(C)CC2(Cc3ccc(C#N)cc3C2C(=O)N(C[C@H]2CCCO2)C(=N)N)CC1C. The molecule has 2 aliphatic carbocycles. The third-order valence-corrected chi connectivity index (χ3v) is 7.81. The van der Waals surface area contributed by atoms with Gasteiger partial charge in [-0.25, -0.2) is 0 Å². The first-order valence-electron chi connectivity index (χ1n) is 11.6. The summed E-state index contributed by atoms with van der Waals surface area (Å²) in [6.07, 6.45) is 4.40. The maximum absolute atomic E-state index is 14.1. The normalized spacial score (nSPS) is 33.6. The molecule has 1 aromatic carbocycles. The monoisotopic (exact) mass is 438 g/mol. The van der Waals surface area contributed by atoms with E-state index < -0.39 is 5.92 Å². The first kappa shape index (κ1) is 22.8. The zero-order valence-electron chi connectivity index (χ0n) is 19.3. The van der Waals surface area contributed by atoms with Crippen LogP contribution >= 0.6 is 0 Å². The minimum atomic E-state index is -0.432. The van der Waals surface area contributed by atoms with Gasteiger partial charge in [-0.15, -0.1) is 0 Å². The van der Waals surface area contributed by atoms with Crippen LogP contribution in [0, 0.1) is 34.0 Å². The van der Waals surface area contributed by atoms with Crippen molar-refractivity contribution in [3.63, 3.8) is 0 Å². The van der Waals surface area contributed by atoms with Crippen LogP contribution in [0.25, 0.3) is 0 Å². The molecule has 3 aliphatic rings. The lowest BCUT2D eigenvalue weighted by Gasteiger charge is -2.48. The Hall–Kier alpha value is -2.43. The molecule has 1 saturated heterocycles. The Morgan fingerprint density at radius 1 is 1.38 bits per heavy atom. The first-order valence-corrected chi connectivity index (χ1v) is 11.6. The largest absolute Gasteiger partial charge is 0.381 e. The predicted molar refractivity (Wildman–Crippen MR) is 121 cm³/mol. The Morgan fingerprint density at radius 3 is 2.66 bits per heavy atom. The van der Waals surface area contributed by atoms with Gasteiger partial charge in [0, 0.05) is 13.7 Å². The van der Waals surface area contributed by atoms with Gasteiger partial charge in [-0.05, 0) is 72.6 Å². The number of benzene rings is 1. The summed E-state index contributed by atoms with van der Waals surface area (Å²) in [5.74, 6) is -0.214. The van der Waals surface area contributed by atoms with Crippen molar-refractivity contribution in [2.45, 2.75) is 64.1 Å². The van der Waals surface area contributed by atoms with E-state index in [0.717, 1.165) is 43.2 Å². The van der Waals surface area contributed by atoms with Gasteiger partial charge in [0.25, 0.3) is 0 Å². The van der Waals surface area contributed by atoms with Crippen LogP contribution in [0.5, 0.6) is 0 Å². The van der Waals surface area contributed by atoms with E-state index in [1.165, 1.54) is 4.90 Å². The Kier molecular flexibility index (Phi) is 6.28. The van der Waals surface area contributed by atoms with Crippen molar-refractivity contribution >= 4 is 11.9 Å². The van der Waals surface area contributed by atoms with E-state index in [2.05, 4.69) is 19.9 Å². The molecule has 1 aliphatic heterocycles. The molecule has 4 rings (SSSR count). The van der Waals surface area contributed by atoms with Crippen LogP contribution in [0.3, 0.4) is 0 Å². The van der Waals surface area contributed by atoms with Crippen molar-refractivity contribution in [1.29, 1.82) is 10.7 Å². The lowest BCUT2D eigenvalue weighted by atomic mass is 9.59. The molecule has 4 atom stereocenters. The summed E-state index contributed by atoms with van der Waals surface area (Å²) in [6, 6.07) is 7.92. The van der Waals surface area contributed by atoms with E-state index in [-0.39, 0.29) is 29.5 Å². The van der Waals surface area contributed by atoms with Gasteiger partial charge >= 0.3 is 0 Å². The molecular weight excluding hydrogens is 404 g/mol. The summed E-state index contributed by atoms with van der Waals surface area (Å²) >= 11 is 0. The molecular formula is C25H34N4O3. The number of hydrogen-bond acceptors (Lipinski definition) is 5. The van der Waals surface area contributed by atoms with Gasteiger partial charge in [0.05, 0.1) is 36.3 Å². The van der Waals surface area contributed by atoms with Crippen LogP contribution in [0.4, 0.5) is 0 Å².